The number of carbonyl (C=O) groups is 1. The fourth-order valence-electron chi connectivity index (χ4n) is 1.15. The first-order valence-corrected chi connectivity index (χ1v) is 6.07. The van der Waals surface area contributed by atoms with Crippen LogP contribution in [0.2, 0.25) is 0 Å². The molecule has 1 rings (SSSR count). The maximum absolute atomic E-state index is 11.7. The van der Waals surface area contributed by atoms with E-state index in [1.165, 1.54) is 0 Å². The molecule has 0 aliphatic rings. The maximum Gasteiger partial charge on any atom is 0.237 e. The summed E-state index contributed by atoms with van der Waals surface area (Å²) < 4.78 is 0. The molecule has 1 atom stereocenters. The van der Waals surface area contributed by atoms with E-state index in [2.05, 4.69) is 10.3 Å². The van der Waals surface area contributed by atoms with Crippen LogP contribution in [0.25, 0.3) is 0 Å². The summed E-state index contributed by atoms with van der Waals surface area (Å²) in [5.74, 6) is -0.125. The number of nitrogens with zero attached hydrogens (tertiary/aromatic N) is 1. The lowest BCUT2D eigenvalue weighted by Gasteiger charge is -2.25. The van der Waals surface area contributed by atoms with Crippen LogP contribution >= 0.6 is 11.3 Å². The average Bonchev–Trinajstić information content (AvgIpc) is 2.58. The number of hydrogen-bond donors (Lipinski definition) is 2. The predicted molar refractivity (Wildman–Crippen MR) is 66.1 cm³/mol. The highest BCUT2D eigenvalue weighted by molar-refractivity contribution is 7.11. The molecule has 90 valence electrons. The Labute approximate surface area is 100 Å². The van der Waals surface area contributed by atoms with E-state index < -0.39 is 6.04 Å². The van der Waals surface area contributed by atoms with Gasteiger partial charge in [-0.05, 0) is 12.3 Å². The van der Waals surface area contributed by atoms with E-state index in [0.717, 1.165) is 9.88 Å². The van der Waals surface area contributed by atoms with Gasteiger partial charge in [-0.2, -0.15) is 0 Å². The summed E-state index contributed by atoms with van der Waals surface area (Å²) in [7, 11) is 0. The molecule has 0 bridgehead atoms. The summed E-state index contributed by atoms with van der Waals surface area (Å²) in [6.45, 7) is 8.30. The Morgan fingerprint density at radius 3 is 2.69 bits per heavy atom. The molecule has 4 nitrogen and oxygen atoms in total. The lowest BCUT2D eigenvalue weighted by molar-refractivity contribution is -0.124. The van der Waals surface area contributed by atoms with Crippen LogP contribution in [-0.2, 0) is 11.3 Å². The molecule has 1 heterocycles. The van der Waals surface area contributed by atoms with Crippen molar-refractivity contribution in [2.45, 2.75) is 40.3 Å². The van der Waals surface area contributed by atoms with Gasteiger partial charge in [0.25, 0.3) is 0 Å². The van der Waals surface area contributed by atoms with Gasteiger partial charge in [0.2, 0.25) is 5.91 Å². The van der Waals surface area contributed by atoms with E-state index in [9.17, 15) is 4.79 Å². The van der Waals surface area contributed by atoms with Crippen molar-refractivity contribution in [3.8, 4) is 0 Å². The number of aromatic nitrogens is 1. The van der Waals surface area contributed by atoms with Crippen molar-refractivity contribution >= 4 is 17.2 Å². The van der Waals surface area contributed by atoms with Gasteiger partial charge in [-0.25, -0.2) is 4.98 Å². The third kappa shape index (κ3) is 3.57. The zero-order valence-corrected chi connectivity index (χ0v) is 11.0. The lowest BCUT2D eigenvalue weighted by atomic mass is 9.87. The van der Waals surface area contributed by atoms with Gasteiger partial charge >= 0.3 is 0 Å². The third-order valence-electron chi connectivity index (χ3n) is 2.30. The van der Waals surface area contributed by atoms with E-state index in [-0.39, 0.29) is 11.3 Å². The fourth-order valence-corrected chi connectivity index (χ4v) is 1.88. The molecule has 1 aromatic heterocycles. The third-order valence-corrected chi connectivity index (χ3v) is 3.21. The van der Waals surface area contributed by atoms with Crippen LogP contribution in [0.15, 0.2) is 6.20 Å². The molecule has 0 fully saturated rings. The lowest BCUT2D eigenvalue weighted by Crippen LogP contribution is -2.48. The normalized spacial score (nSPS) is 13.6. The van der Waals surface area contributed by atoms with Gasteiger partial charge in [0.05, 0.1) is 12.6 Å². The van der Waals surface area contributed by atoms with Gasteiger partial charge < -0.3 is 11.1 Å². The van der Waals surface area contributed by atoms with Crippen molar-refractivity contribution in [1.82, 2.24) is 10.3 Å². The van der Waals surface area contributed by atoms with Crippen LogP contribution in [-0.4, -0.2) is 16.9 Å². The summed E-state index contributed by atoms with van der Waals surface area (Å²) in [5, 5.41) is 3.71. The Bertz CT molecular complexity index is 368. The minimum absolute atomic E-state index is 0.125. The van der Waals surface area contributed by atoms with Crippen LogP contribution in [0.5, 0.6) is 0 Å². The summed E-state index contributed by atoms with van der Waals surface area (Å²) in [6.07, 6.45) is 1.80. The number of amides is 1. The number of nitrogens with two attached hydrogens (primary N) is 1. The molecule has 3 N–H and O–H groups in total. The number of nitrogens with one attached hydrogen (secondary N) is 1. The topological polar surface area (TPSA) is 68.0 Å². The second kappa shape index (κ2) is 4.93. The molecule has 0 aliphatic heterocycles. The van der Waals surface area contributed by atoms with E-state index in [4.69, 9.17) is 5.73 Å². The molecular weight excluding hydrogens is 222 g/mol. The largest absolute Gasteiger partial charge is 0.348 e. The number of aryl methyl sites for hydroxylation is 1. The predicted octanol–water partition coefficient (Wildman–Crippen LogP) is 1.44. The monoisotopic (exact) mass is 241 g/mol. The Balaban J connectivity index is 2.47. The van der Waals surface area contributed by atoms with Crippen LogP contribution in [0.4, 0.5) is 0 Å². The molecule has 5 heteroatoms. The second-order valence-electron chi connectivity index (χ2n) is 4.93. The molecule has 0 radical (unpaired) electrons. The smallest absolute Gasteiger partial charge is 0.237 e. The van der Waals surface area contributed by atoms with Gasteiger partial charge in [0, 0.05) is 11.1 Å². The van der Waals surface area contributed by atoms with E-state index in [1.54, 1.807) is 17.5 Å². The molecule has 0 saturated heterocycles. The van der Waals surface area contributed by atoms with Crippen molar-refractivity contribution in [2.24, 2.45) is 11.1 Å². The summed E-state index contributed by atoms with van der Waals surface area (Å²) in [5.41, 5.74) is 5.62. The Morgan fingerprint density at radius 2 is 2.25 bits per heavy atom. The van der Waals surface area contributed by atoms with Gasteiger partial charge in [-0.15, -0.1) is 11.3 Å². The van der Waals surface area contributed by atoms with Crippen LogP contribution in [0.3, 0.4) is 0 Å². The van der Waals surface area contributed by atoms with Crippen molar-refractivity contribution in [2.75, 3.05) is 0 Å². The van der Waals surface area contributed by atoms with Crippen molar-refractivity contribution in [3.63, 3.8) is 0 Å². The van der Waals surface area contributed by atoms with E-state index in [1.807, 2.05) is 27.7 Å². The molecule has 0 aliphatic carbocycles. The molecule has 0 unspecified atom stereocenters. The molecule has 0 spiro atoms. The first kappa shape index (κ1) is 13.1. The van der Waals surface area contributed by atoms with Gasteiger partial charge in [0.15, 0.2) is 0 Å². The number of hydrogen-bond acceptors (Lipinski definition) is 4. The van der Waals surface area contributed by atoms with E-state index in [0.29, 0.717) is 6.54 Å². The summed E-state index contributed by atoms with van der Waals surface area (Å²) in [6, 6.07) is -0.492. The van der Waals surface area contributed by atoms with Gasteiger partial charge in [-0.3, -0.25) is 4.79 Å². The highest BCUT2D eigenvalue weighted by Gasteiger charge is 2.27. The second-order valence-corrected chi connectivity index (χ2v) is 6.25. The highest BCUT2D eigenvalue weighted by Crippen LogP contribution is 2.17. The first-order chi connectivity index (χ1) is 7.30. The standard InChI is InChI=1S/C11H19N3OS/c1-7-5-13-8(16-7)6-14-10(15)9(12)11(2,3)4/h5,9H,6,12H2,1-4H3,(H,14,15)/t9-/m1/s1. The van der Waals surface area contributed by atoms with Crippen LogP contribution in [0, 0.1) is 12.3 Å². The average molecular weight is 241 g/mol. The summed E-state index contributed by atoms with van der Waals surface area (Å²) >= 11 is 1.58. The number of thiazole rings is 1. The van der Waals surface area contributed by atoms with Crippen LogP contribution in [0.1, 0.15) is 30.7 Å². The van der Waals surface area contributed by atoms with Gasteiger partial charge in [0.1, 0.15) is 5.01 Å². The maximum atomic E-state index is 11.7. The minimum Gasteiger partial charge on any atom is -0.348 e. The minimum atomic E-state index is -0.492. The molecule has 1 amide bonds. The molecule has 1 aromatic rings. The molecular formula is C11H19N3OS. The Hall–Kier alpha value is -0.940. The van der Waals surface area contributed by atoms with Crippen molar-refractivity contribution in [3.05, 3.63) is 16.1 Å². The quantitative estimate of drug-likeness (QED) is 0.841. The van der Waals surface area contributed by atoms with Crippen molar-refractivity contribution < 1.29 is 4.79 Å². The Kier molecular flexibility index (Phi) is 4.04. The SMILES string of the molecule is Cc1cnc(CNC(=O)[C@@H](N)C(C)(C)C)s1. The van der Waals surface area contributed by atoms with Crippen molar-refractivity contribution in [1.29, 1.82) is 0 Å². The first-order valence-electron chi connectivity index (χ1n) is 5.25. The highest BCUT2D eigenvalue weighted by atomic mass is 32.1. The molecule has 0 saturated carbocycles. The van der Waals surface area contributed by atoms with Gasteiger partial charge in [-0.1, -0.05) is 20.8 Å². The van der Waals surface area contributed by atoms with E-state index >= 15 is 0 Å². The zero-order valence-electron chi connectivity index (χ0n) is 10.2. The van der Waals surface area contributed by atoms with Crippen LogP contribution < -0.4 is 11.1 Å². The molecule has 16 heavy (non-hydrogen) atoms. The zero-order chi connectivity index (χ0) is 12.3. The Morgan fingerprint density at radius 1 is 1.62 bits per heavy atom. The number of rotatable bonds is 3. The fraction of sp³-hybridized carbons (Fsp3) is 0.636. The number of carbonyl (C=O) groups excluding carboxylic acids is 1. The molecule has 0 aromatic carbocycles. The summed E-state index contributed by atoms with van der Waals surface area (Å²) in [4.78, 5) is 17.0.